The molecule has 1 aliphatic rings. The summed E-state index contributed by atoms with van der Waals surface area (Å²) in [5.41, 5.74) is 2.47. The number of fused-ring (bicyclic) bond motifs is 2. The third-order valence-corrected chi connectivity index (χ3v) is 5.75. The molecule has 0 bridgehead atoms. The van der Waals surface area contributed by atoms with E-state index in [1.54, 1.807) is 26.4 Å². The van der Waals surface area contributed by atoms with Crippen molar-refractivity contribution in [1.29, 1.82) is 0 Å². The summed E-state index contributed by atoms with van der Waals surface area (Å²) in [5, 5.41) is 4.40. The second kappa shape index (κ2) is 7.31. The Morgan fingerprint density at radius 1 is 1.13 bits per heavy atom. The van der Waals surface area contributed by atoms with E-state index >= 15 is 0 Å². The van der Waals surface area contributed by atoms with Gasteiger partial charge in [-0.1, -0.05) is 29.5 Å². The Balaban J connectivity index is 1.53. The molecule has 0 spiro atoms. The minimum absolute atomic E-state index is 0.200. The fourth-order valence-corrected chi connectivity index (χ4v) is 4.24. The van der Waals surface area contributed by atoms with Crippen molar-refractivity contribution in [3.63, 3.8) is 0 Å². The molecule has 5 rings (SSSR count). The first-order chi connectivity index (χ1) is 14.7. The highest BCUT2D eigenvalue weighted by molar-refractivity contribution is 7.15. The summed E-state index contributed by atoms with van der Waals surface area (Å²) in [5.74, 6) is 2.50. The summed E-state index contributed by atoms with van der Waals surface area (Å²) in [7, 11) is 3.15. The molecule has 8 heteroatoms. The Morgan fingerprint density at radius 3 is 2.77 bits per heavy atom. The van der Waals surface area contributed by atoms with Gasteiger partial charge in [0.2, 0.25) is 4.96 Å². The van der Waals surface area contributed by atoms with E-state index in [9.17, 15) is 4.79 Å². The summed E-state index contributed by atoms with van der Waals surface area (Å²) in [6.07, 6.45) is 3.87. The topological polar surface area (TPSA) is 75.0 Å². The van der Waals surface area contributed by atoms with Crippen LogP contribution in [0.5, 0.6) is 17.2 Å². The summed E-state index contributed by atoms with van der Waals surface area (Å²) in [6, 6.07) is 13.2. The number of rotatable bonds is 4. The number of aromatic nitrogens is 3. The van der Waals surface area contributed by atoms with Crippen molar-refractivity contribution < 1.29 is 14.2 Å². The normalized spacial score (nSPS) is 13.7. The first-order valence-corrected chi connectivity index (χ1v) is 10.0. The van der Waals surface area contributed by atoms with Crippen molar-refractivity contribution in [2.45, 2.75) is 0 Å². The third kappa shape index (κ3) is 3.11. The molecule has 0 fully saturated rings. The second-order valence-electron chi connectivity index (χ2n) is 6.66. The van der Waals surface area contributed by atoms with E-state index in [0.29, 0.717) is 33.4 Å². The van der Waals surface area contributed by atoms with Gasteiger partial charge in [0.1, 0.15) is 12.4 Å². The Morgan fingerprint density at radius 2 is 1.97 bits per heavy atom. The fraction of sp³-hybridized carbons (Fsp3) is 0.136. The zero-order valence-electron chi connectivity index (χ0n) is 16.3. The highest BCUT2D eigenvalue weighted by Crippen LogP contribution is 2.31. The van der Waals surface area contributed by atoms with Crippen LogP contribution in [0.25, 0.3) is 28.5 Å². The molecular weight excluding hydrogens is 402 g/mol. The SMILES string of the molecule is COc1ccc(-c2nc3s/c(=C\C4=Cc5ccccc5OC4)c(=O)n3n2)cc1OC. The van der Waals surface area contributed by atoms with Crippen LogP contribution >= 0.6 is 11.3 Å². The zero-order chi connectivity index (χ0) is 20.7. The molecule has 0 N–H and O–H groups in total. The summed E-state index contributed by atoms with van der Waals surface area (Å²) < 4.78 is 18.3. The van der Waals surface area contributed by atoms with Gasteiger partial charge in [-0.3, -0.25) is 4.79 Å². The molecule has 3 heterocycles. The standard InChI is InChI=1S/C22H17N3O4S/c1-27-17-8-7-15(11-18(17)28-2)20-23-22-25(24-20)21(26)19(30-22)10-13-9-14-5-3-4-6-16(14)29-12-13/h3-11H,12H2,1-2H3/b19-10-. The van der Waals surface area contributed by atoms with E-state index in [2.05, 4.69) is 10.1 Å². The predicted octanol–water partition coefficient (Wildman–Crippen LogP) is 2.81. The molecular formula is C22H17N3O4S. The van der Waals surface area contributed by atoms with Crippen molar-refractivity contribution in [3.8, 4) is 28.6 Å². The molecule has 0 aliphatic carbocycles. The summed E-state index contributed by atoms with van der Waals surface area (Å²) in [4.78, 5) is 17.9. The van der Waals surface area contributed by atoms with Crippen LogP contribution in [-0.2, 0) is 0 Å². The van der Waals surface area contributed by atoms with E-state index in [0.717, 1.165) is 22.4 Å². The highest BCUT2D eigenvalue weighted by Gasteiger charge is 2.15. The molecule has 2 aromatic heterocycles. The number of methoxy groups -OCH3 is 2. The fourth-order valence-electron chi connectivity index (χ4n) is 3.32. The van der Waals surface area contributed by atoms with Crippen molar-refractivity contribution in [1.82, 2.24) is 14.6 Å². The molecule has 0 atom stereocenters. The van der Waals surface area contributed by atoms with E-state index in [1.807, 2.05) is 42.5 Å². The Bertz CT molecular complexity index is 1400. The average Bonchev–Trinajstić information content (AvgIpc) is 3.32. The molecule has 4 aromatic rings. The van der Waals surface area contributed by atoms with E-state index in [1.165, 1.54) is 15.9 Å². The van der Waals surface area contributed by atoms with Gasteiger partial charge in [-0.15, -0.1) is 5.10 Å². The lowest BCUT2D eigenvalue weighted by Gasteiger charge is -2.15. The predicted molar refractivity (Wildman–Crippen MR) is 115 cm³/mol. The maximum atomic E-state index is 12.8. The van der Waals surface area contributed by atoms with Crippen molar-refractivity contribution in [2.24, 2.45) is 0 Å². The van der Waals surface area contributed by atoms with Crippen LogP contribution in [0.4, 0.5) is 0 Å². The van der Waals surface area contributed by atoms with Crippen LogP contribution in [0.1, 0.15) is 5.56 Å². The number of para-hydroxylation sites is 1. The van der Waals surface area contributed by atoms with Crippen LogP contribution in [-0.4, -0.2) is 35.4 Å². The average molecular weight is 419 g/mol. The molecule has 0 saturated carbocycles. The molecule has 30 heavy (non-hydrogen) atoms. The van der Waals surface area contributed by atoms with Crippen LogP contribution in [0.15, 0.2) is 52.8 Å². The van der Waals surface area contributed by atoms with Crippen LogP contribution in [0.2, 0.25) is 0 Å². The number of nitrogens with zero attached hydrogens (tertiary/aromatic N) is 3. The quantitative estimate of drug-likeness (QED) is 0.506. The minimum atomic E-state index is -0.200. The molecule has 2 aromatic carbocycles. The molecule has 7 nitrogen and oxygen atoms in total. The number of benzene rings is 2. The Hall–Kier alpha value is -3.65. The zero-order valence-corrected chi connectivity index (χ0v) is 17.1. The molecule has 0 unspecified atom stereocenters. The molecule has 1 aliphatic heterocycles. The summed E-state index contributed by atoms with van der Waals surface area (Å²) >= 11 is 1.30. The van der Waals surface area contributed by atoms with E-state index in [4.69, 9.17) is 14.2 Å². The van der Waals surface area contributed by atoms with Gasteiger partial charge in [0, 0.05) is 11.1 Å². The van der Waals surface area contributed by atoms with Gasteiger partial charge in [0.05, 0.1) is 18.8 Å². The number of thiazole rings is 1. The van der Waals surface area contributed by atoms with Gasteiger partial charge in [0.25, 0.3) is 5.56 Å². The molecule has 0 radical (unpaired) electrons. The Labute approximate surface area is 175 Å². The largest absolute Gasteiger partial charge is 0.493 e. The van der Waals surface area contributed by atoms with Gasteiger partial charge in [0.15, 0.2) is 17.3 Å². The monoisotopic (exact) mass is 419 g/mol. The van der Waals surface area contributed by atoms with Crippen molar-refractivity contribution >= 4 is 28.4 Å². The number of hydrogen-bond donors (Lipinski definition) is 0. The smallest absolute Gasteiger partial charge is 0.291 e. The van der Waals surface area contributed by atoms with E-state index < -0.39 is 0 Å². The lowest BCUT2D eigenvalue weighted by atomic mass is 10.1. The highest BCUT2D eigenvalue weighted by atomic mass is 32.1. The van der Waals surface area contributed by atoms with Gasteiger partial charge < -0.3 is 14.2 Å². The van der Waals surface area contributed by atoms with Gasteiger partial charge in [-0.05, 0) is 42.0 Å². The van der Waals surface area contributed by atoms with Crippen molar-refractivity contribution in [3.05, 3.63) is 68.5 Å². The minimum Gasteiger partial charge on any atom is -0.493 e. The number of hydrogen-bond acceptors (Lipinski definition) is 7. The lowest BCUT2D eigenvalue weighted by Crippen LogP contribution is -2.24. The summed E-state index contributed by atoms with van der Waals surface area (Å²) in [6.45, 7) is 0.418. The van der Waals surface area contributed by atoms with E-state index in [-0.39, 0.29) is 5.56 Å². The first-order valence-electron chi connectivity index (χ1n) is 9.22. The third-order valence-electron chi connectivity index (χ3n) is 4.79. The second-order valence-corrected chi connectivity index (χ2v) is 7.67. The number of ether oxygens (including phenoxy) is 3. The van der Waals surface area contributed by atoms with Gasteiger partial charge in [-0.2, -0.15) is 9.50 Å². The molecule has 0 amide bonds. The van der Waals surface area contributed by atoms with Gasteiger partial charge in [-0.25, -0.2) is 0 Å². The maximum Gasteiger partial charge on any atom is 0.291 e. The first kappa shape index (κ1) is 18.4. The Kier molecular flexibility index (Phi) is 4.48. The van der Waals surface area contributed by atoms with Crippen LogP contribution < -0.4 is 24.3 Å². The van der Waals surface area contributed by atoms with Crippen molar-refractivity contribution in [2.75, 3.05) is 20.8 Å². The molecule has 150 valence electrons. The van der Waals surface area contributed by atoms with Gasteiger partial charge >= 0.3 is 0 Å². The van der Waals surface area contributed by atoms with Crippen LogP contribution in [0.3, 0.4) is 0 Å². The molecule has 0 saturated heterocycles. The van der Waals surface area contributed by atoms with Crippen LogP contribution in [0, 0.1) is 0 Å². The lowest BCUT2D eigenvalue weighted by molar-refractivity contribution is 0.352. The maximum absolute atomic E-state index is 12.8.